The molecule has 0 aromatic rings. The Morgan fingerprint density at radius 2 is 0.889 bits per heavy atom. The van der Waals surface area contributed by atoms with Gasteiger partial charge in [-0.15, -0.1) is 0 Å². The summed E-state index contributed by atoms with van der Waals surface area (Å²) < 4.78 is 10.9. The Kier molecular flexibility index (Phi) is 4.52. The van der Waals surface area contributed by atoms with Crippen molar-refractivity contribution in [3.63, 3.8) is 0 Å². The van der Waals surface area contributed by atoms with Gasteiger partial charge >= 0.3 is 0 Å². The Balaban J connectivity index is 1.45. The summed E-state index contributed by atoms with van der Waals surface area (Å²) in [5, 5.41) is 0. The Hall–Kier alpha value is -0.160. The maximum atomic E-state index is 5.44. The lowest BCUT2D eigenvalue weighted by atomic mass is 9.89. The van der Waals surface area contributed by atoms with E-state index in [4.69, 9.17) is 9.47 Å². The third-order valence-corrected chi connectivity index (χ3v) is 4.79. The number of ether oxygens (including phenoxy) is 2. The number of hydrogen-bond acceptors (Lipinski definition) is 4. The van der Waals surface area contributed by atoms with E-state index in [1.807, 2.05) is 0 Å². The van der Waals surface area contributed by atoms with Crippen LogP contribution in [0.4, 0.5) is 0 Å². The fourth-order valence-electron chi connectivity index (χ4n) is 3.67. The van der Waals surface area contributed by atoms with Crippen LogP contribution in [-0.4, -0.2) is 74.5 Å². The molecule has 0 radical (unpaired) electrons. The molecule has 104 valence electrons. The first-order chi connectivity index (χ1) is 8.93. The lowest BCUT2D eigenvalue weighted by molar-refractivity contribution is -0.0166. The lowest BCUT2D eigenvalue weighted by Gasteiger charge is -2.42. The zero-order valence-corrected chi connectivity index (χ0v) is 11.4. The minimum absolute atomic E-state index is 0.825. The normalized spacial score (nSPS) is 36.7. The summed E-state index contributed by atoms with van der Waals surface area (Å²) in [6, 6.07) is 1.65. The van der Waals surface area contributed by atoms with Gasteiger partial charge in [0.15, 0.2) is 0 Å². The van der Waals surface area contributed by atoms with E-state index in [-0.39, 0.29) is 0 Å². The molecule has 2 heterocycles. The fraction of sp³-hybridized carbons (Fsp3) is 1.00. The first-order valence-corrected chi connectivity index (χ1v) is 7.57. The molecule has 0 aromatic heterocycles. The second-order valence-corrected chi connectivity index (χ2v) is 5.76. The van der Waals surface area contributed by atoms with Crippen LogP contribution >= 0.6 is 0 Å². The predicted molar refractivity (Wildman–Crippen MR) is 70.8 cm³/mol. The van der Waals surface area contributed by atoms with Crippen molar-refractivity contribution in [1.82, 2.24) is 9.80 Å². The molecule has 0 atom stereocenters. The van der Waals surface area contributed by atoms with Crippen molar-refractivity contribution in [2.24, 2.45) is 0 Å². The molecule has 2 aliphatic heterocycles. The van der Waals surface area contributed by atoms with Gasteiger partial charge in [0, 0.05) is 38.3 Å². The summed E-state index contributed by atoms with van der Waals surface area (Å²) in [5.41, 5.74) is 0. The molecule has 0 bridgehead atoms. The van der Waals surface area contributed by atoms with E-state index < -0.39 is 0 Å². The minimum atomic E-state index is 0.825. The quantitative estimate of drug-likeness (QED) is 0.733. The van der Waals surface area contributed by atoms with Crippen LogP contribution in [-0.2, 0) is 9.47 Å². The standard InChI is InChI=1S/C14H26N2O2/c1-2-14(16-7-11-18-12-8-16)4-3-13(1)15-5-9-17-10-6-15/h13-14H,1-12H2/t13-,14-. The SMILES string of the molecule is C1CN([C@H]2CC[C@H](N3CCOCC3)CC2)CCO1. The summed E-state index contributed by atoms with van der Waals surface area (Å²) >= 11 is 0. The average molecular weight is 254 g/mol. The van der Waals surface area contributed by atoms with E-state index in [2.05, 4.69) is 9.80 Å². The van der Waals surface area contributed by atoms with Crippen LogP contribution < -0.4 is 0 Å². The van der Waals surface area contributed by atoms with E-state index in [1.54, 1.807) is 0 Å². The van der Waals surface area contributed by atoms with Crippen molar-refractivity contribution < 1.29 is 9.47 Å². The molecule has 0 N–H and O–H groups in total. The average Bonchev–Trinajstić information content (AvgIpc) is 2.49. The van der Waals surface area contributed by atoms with Crippen molar-refractivity contribution >= 4 is 0 Å². The highest BCUT2D eigenvalue weighted by Gasteiger charge is 2.30. The molecule has 4 nitrogen and oxygen atoms in total. The predicted octanol–water partition coefficient (Wildman–Crippen LogP) is 0.962. The molecule has 1 saturated carbocycles. The molecule has 3 aliphatic rings. The largest absolute Gasteiger partial charge is 0.379 e. The first-order valence-electron chi connectivity index (χ1n) is 7.57. The molecule has 0 spiro atoms. The van der Waals surface area contributed by atoms with Gasteiger partial charge in [-0.1, -0.05) is 0 Å². The Morgan fingerprint density at radius 1 is 0.556 bits per heavy atom. The Morgan fingerprint density at radius 3 is 1.22 bits per heavy atom. The molecule has 3 rings (SSSR count). The van der Waals surface area contributed by atoms with Gasteiger partial charge in [-0.3, -0.25) is 9.80 Å². The zero-order valence-electron chi connectivity index (χ0n) is 11.4. The molecule has 18 heavy (non-hydrogen) atoms. The van der Waals surface area contributed by atoms with Gasteiger partial charge in [0.05, 0.1) is 26.4 Å². The number of rotatable bonds is 2. The van der Waals surface area contributed by atoms with Crippen molar-refractivity contribution in [1.29, 1.82) is 0 Å². The summed E-state index contributed by atoms with van der Waals surface area (Å²) in [4.78, 5) is 5.30. The van der Waals surface area contributed by atoms with Gasteiger partial charge in [0.1, 0.15) is 0 Å². The molecule has 0 aromatic carbocycles. The van der Waals surface area contributed by atoms with Crippen molar-refractivity contribution in [2.45, 2.75) is 37.8 Å². The molecular formula is C14H26N2O2. The summed E-state index contributed by atoms with van der Waals surface area (Å²) in [5.74, 6) is 0. The molecule has 0 unspecified atom stereocenters. The van der Waals surface area contributed by atoms with Crippen LogP contribution in [0.3, 0.4) is 0 Å². The third kappa shape index (κ3) is 3.05. The highest BCUT2D eigenvalue weighted by molar-refractivity contribution is 4.85. The Bertz CT molecular complexity index is 216. The van der Waals surface area contributed by atoms with E-state index in [1.165, 1.54) is 25.7 Å². The second-order valence-electron chi connectivity index (χ2n) is 5.76. The zero-order chi connectivity index (χ0) is 12.2. The van der Waals surface area contributed by atoms with Gasteiger partial charge < -0.3 is 9.47 Å². The van der Waals surface area contributed by atoms with Gasteiger partial charge in [-0.2, -0.15) is 0 Å². The van der Waals surface area contributed by atoms with Gasteiger partial charge in [0.25, 0.3) is 0 Å². The summed E-state index contributed by atoms with van der Waals surface area (Å²) in [7, 11) is 0. The van der Waals surface area contributed by atoms with Crippen LogP contribution in [0, 0.1) is 0 Å². The van der Waals surface area contributed by atoms with Gasteiger partial charge in [-0.05, 0) is 25.7 Å². The molecule has 3 fully saturated rings. The van der Waals surface area contributed by atoms with Crippen LogP contribution in [0.25, 0.3) is 0 Å². The maximum Gasteiger partial charge on any atom is 0.0594 e. The van der Waals surface area contributed by atoms with E-state index in [9.17, 15) is 0 Å². The second kappa shape index (κ2) is 6.33. The third-order valence-electron chi connectivity index (χ3n) is 4.79. The first kappa shape index (κ1) is 12.9. The highest BCUT2D eigenvalue weighted by atomic mass is 16.5. The highest BCUT2D eigenvalue weighted by Crippen LogP contribution is 2.27. The van der Waals surface area contributed by atoms with Crippen molar-refractivity contribution in [3.8, 4) is 0 Å². The molecule has 4 heteroatoms. The van der Waals surface area contributed by atoms with Crippen LogP contribution in [0.15, 0.2) is 0 Å². The molecular weight excluding hydrogens is 228 g/mol. The van der Waals surface area contributed by atoms with Crippen molar-refractivity contribution in [2.75, 3.05) is 52.6 Å². The minimum Gasteiger partial charge on any atom is -0.379 e. The maximum absolute atomic E-state index is 5.44. The summed E-state index contributed by atoms with van der Waals surface area (Å²) in [6.07, 6.45) is 5.51. The van der Waals surface area contributed by atoms with E-state index >= 15 is 0 Å². The number of hydrogen-bond donors (Lipinski definition) is 0. The van der Waals surface area contributed by atoms with Crippen LogP contribution in [0.5, 0.6) is 0 Å². The topological polar surface area (TPSA) is 24.9 Å². The fourth-order valence-corrected chi connectivity index (χ4v) is 3.67. The number of morpholine rings is 2. The van der Waals surface area contributed by atoms with Crippen molar-refractivity contribution in [3.05, 3.63) is 0 Å². The smallest absolute Gasteiger partial charge is 0.0594 e. The molecule has 2 saturated heterocycles. The van der Waals surface area contributed by atoms with Crippen LogP contribution in [0.1, 0.15) is 25.7 Å². The summed E-state index contributed by atoms with van der Waals surface area (Å²) in [6.45, 7) is 8.32. The van der Waals surface area contributed by atoms with Gasteiger partial charge in [-0.25, -0.2) is 0 Å². The Labute approximate surface area is 110 Å². The number of nitrogens with zero attached hydrogens (tertiary/aromatic N) is 2. The molecule has 1 aliphatic carbocycles. The lowest BCUT2D eigenvalue weighted by Crippen LogP contribution is -2.49. The molecule has 0 amide bonds. The van der Waals surface area contributed by atoms with Gasteiger partial charge in [0.2, 0.25) is 0 Å². The van der Waals surface area contributed by atoms with E-state index in [0.29, 0.717) is 0 Å². The van der Waals surface area contributed by atoms with Crippen LogP contribution in [0.2, 0.25) is 0 Å². The monoisotopic (exact) mass is 254 g/mol. The van der Waals surface area contributed by atoms with E-state index in [0.717, 1.165) is 64.7 Å².